The summed E-state index contributed by atoms with van der Waals surface area (Å²) < 4.78 is 1.36. The van der Waals surface area contributed by atoms with Crippen molar-refractivity contribution in [1.29, 1.82) is 0 Å². The van der Waals surface area contributed by atoms with Gasteiger partial charge in [0.2, 0.25) is 0 Å². The SMILES string of the molecule is NC(=S)c1ccccc1-n1cn[nH]c1=O. The van der Waals surface area contributed by atoms with Crippen molar-refractivity contribution in [3.8, 4) is 5.69 Å². The van der Waals surface area contributed by atoms with E-state index in [2.05, 4.69) is 10.2 Å². The Kier molecular flexibility index (Phi) is 2.34. The number of H-pyrrole nitrogens is 1. The molecule has 0 radical (unpaired) electrons. The van der Waals surface area contributed by atoms with Crippen LogP contribution in [0.3, 0.4) is 0 Å². The molecule has 0 saturated heterocycles. The van der Waals surface area contributed by atoms with Gasteiger partial charge in [0.15, 0.2) is 0 Å². The van der Waals surface area contributed by atoms with Crippen molar-refractivity contribution < 1.29 is 0 Å². The molecule has 0 aliphatic heterocycles. The molecule has 0 spiro atoms. The van der Waals surface area contributed by atoms with E-state index < -0.39 is 0 Å². The third kappa shape index (κ3) is 1.66. The number of nitrogens with one attached hydrogen (secondary N) is 1. The zero-order valence-electron chi connectivity index (χ0n) is 7.68. The van der Waals surface area contributed by atoms with Crippen molar-refractivity contribution in [3.63, 3.8) is 0 Å². The van der Waals surface area contributed by atoms with Crippen molar-refractivity contribution in [1.82, 2.24) is 14.8 Å². The van der Waals surface area contributed by atoms with E-state index in [1.165, 1.54) is 10.9 Å². The highest BCUT2D eigenvalue weighted by Crippen LogP contribution is 2.11. The lowest BCUT2D eigenvalue weighted by molar-refractivity contribution is 0.980. The Hall–Kier alpha value is -1.95. The summed E-state index contributed by atoms with van der Waals surface area (Å²) in [6, 6.07) is 7.13. The molecular weight excluding hydrogens is 212 g/mol. The molecule has 0 fully saturated rings. The maximum absolute atomic E-state index is 11.4. The maximum atomic E-state index is 11.4. The second-order valence-electron chi connectivity index (χ2n) is 2.91. The number of nitrogens with zero attached hydrogens (tertiary/aromatic N) is 2. The molecule has 1 aromatic carbocycles. The van der Waals surface area contributed by atoms with Crippen LogP contribution in [0.4, 0.5) is 0 Å². The topological polar surface area (TPSA) is 76.7 Å². The van der Waals surface area contributed by atoms with Gasteiger partial charge in [0.25, 0.3) is 0 Å². The van der Waals surface area contributed by atoms with Gasteiger partial charge in [-0.25, -0.2) is 14.5 Å². The Balaban J connectivity index is 2.68. The molecule has 0 atom stereocenters. The highest BCUT2D eigenvalue weighted by Gasteiger charge is 2.08. The molecule has 0 amide bonds. The molecule has 2 rings (SSSR count). The van der Waals surface area contributed by atoms with Gasteiger partial charge in [-0.2, -0.15) is 5.10 Å². The Morgan fingerprint density at radius 3 is 2.80 bits per heavy atom. The van der Waals surface area contributed by atoms with Crippen molar-refractivity contribution in [2.75, 3.05) is 0 Å². The van der Waals surface area contributed by atoms with E-state index in [4.69, 9.17) is 18.0 Å². The van der Waals surface area contributed by atoms with Crippen molar-refractivity contribution in [2.24, 2.45) is 5.73 Å². The number of para-hydroxylation sites is 1. The zero-order chi connectivity index (χ0) is 10.8. The van der Waals surface area contributed by atoms with Gasteiger partial charge in [0.05, 0.1) is 5.69 Å². The fourth-order valence-corrected chi connectivity index (χ4v) is 1.48. The van der Waals surface area contributed by atoms with Crippen LogP contribution in [0.15, 0.2) is 35.4 Å². The second kappa shape index (κ2) is 3.66. The Morgan fingerprint density at radius 2 is 2.20 bits per heavy atom. The largest absolute Gasteiger partial charge is 0.389 e. The number of nitrogens with two attached hydrogens (primary N) is 1. The molecule has 0 bridgehead atoms. The van der Waals surface area contributed by atoms with Crippen molar-refractivity contribution >= 4 is 17.2 Å². The molecule has 6 heteroatoms. The lowest BCUT2D eigenvalue weighted by Gasteiger charge is -2.06. The van der Waals surface area contributed by atoms with E-state index in [-0.39, 0.29) is 10.7 Å². The number of rotatable bonds is 2. The predicted molar refractivity (Wildman–Crippen MR) is 60.1 cm³/mol. The first-order valence-electron chi connectivity index (χ1n) is 4.21. The molecule has 0 saturated carbocycles. The lowest BCUT2D eigenvalue weighted by atomic mass is 10.2. The molecule has 2 aromatic rings. The van der Waals surface area contributed by atoms with E-state index in [1.54, 1.807) is 18.2 Å². The maximum Gasteiger partial charge on any atom is 0.347 e. The Morgan fingerprint density at radius 1 is 1.47 bits per heavy atom. The van der Waals surface area contributed by atoms with Crippen LogP contribution in [0.1, 0.15) is 5.56 Å². The van der Waals surface area contributed by atoms with Crippen molar-refractivity contribution in [3.05, 3.63) is 46.6 Å². The van der Waals surface area contributed by atoms with Crippen LogP contribution >= 0.6 is 12.2 Å². The molecule has 5 nitrogen and oxygen atoms in total. The number of aromatic amines is 1. The van der Waals surface area contributed by atoms with Crippen LogP contribution in [0.2, 0.25) is 0 Å². The smallest absolute Gasteiger partial charge is 0.347 e. The van der Waals surface area contributed by atoms with Crippen LogP contribution in [-0.2, 0) is 0 Å². The average molecular weight is 220 g/mol. The molecule has 15 heavy (non-hydrogen) atoms. The Bertz CT molecular complexity index is 557. The van der Waals surface area contributed by atoms with Gasteiger partial charge < -0.3 is 5.73 Å². The van der Waals surface area contributed by atoms with Crippen LogP contribution in [-0.4, -0.2) is 19.8 Å². The first-order valence-corrected chi connectivity index (χ1v) is 4.62. The summed E-state index contributed by atoms with van der Waals surface area (Å²) in [5.41, 5.74) is 6.51. The van der Waals surface area contributed by atoms with Crippen LogP contribution in [0.25, 0.3) is 5.69 Å². The molecular formula is C9H8N4OS. The third-order valence-electron chi connectivity index (χ3n) is 1.98. The van der Waals surface area contributed by atoms with Gasteiger partial charge in [0.1, 0.15) is 11.3 Å². The van der Waals surface area contributed by atoms with Gasteiger partial charge in [-0.05, 0) is 12.1 Å². The highest BCUT2D eigenvalue weighted by molar-refractivity contribution is 7.80. The quantitative estimate of drug-likeness (QED) is 0.708. The normalized spacial score (nSPS) is 10.1. The average Bonchev–Trinajstić information content (AvgIpc) is 2.64. The molecule has 76 valence electrons. The summed E-state index contributed by atoms with van der Waals surface area (Å²) in [7, 11) is 0. The summed E-state index contributed by atoms with van der Waals surface area (Å²) in [6.45, 7) is 0. The molecule has 1 aromatic heterocycles. The lowest BCUT2D eigenvalue weighted by Crippen LogP contribution is -2.19. The molecule has 1 heterocycles. The number of aromatic nitrogens is 3. The number of hydrogen-bond acceptors (Lipinski definition) is 3. The van der Waals surface area contributed by atoms with E-state index in [0.717, 1.165) is 0 Å². The van der Waals surface area contributed by atoms with Crippen LogP contribution < -0.4 is 11.4 Å². The molecule has 0 aliphatic carbocycles. The van der Waals surface area contributed by atoms with E-state index in [0.29, 0.717) is 11.3 Å². The van der Waals surface area contributed by atoms with Crippen LogP contribution in [0.5, 0.6) is 0 Å². The van der Waals surface area contributed by atoms with Crippen molar-refractivity contribution in [2.45, 2.75) is 0 Å². The predicted octanol–water partition coefficient (Wildman–Crippen LogP) is 0.195. The number of benzene rings is 1. The summed E-state index contributed by atoms with van der Waals surface area (Å²) >= 11 is 4.90. The van der Waals surface area contributed by atoms with Crippen LogP contribution in [0, 0.1) is 0 Å². The highest BCUT2D eigenvalue weighted by atomic mass is 32.1. The minimum atomic E-state index is -0.321. The third-order valence-corrected chi connectivity index (χ3v) is 2.20. The molecule has 0 unspecified atom stereocenters. The summed E-state index contributed by atoms with van der Waals surface area (Å²) in [5.74, 6) is 0. The summed E-state index contributed by atoms with van der Waals surface area (Å²) in [6.07, 6.45) is 1.39. The Labute approximate surface area is 90.5 Å². The standard InChI is InChI=1S/C9H8N4OS/c10-8(15)6-3-1-2-4-7(6)13-5-11-12-9(13)14/h1-5H,(H2,10,15)(H,12,14). The fraction of sp³-hybridized carbons (Fsp3) is 0. The molecule has 0 aliphatic rings. The van der Waals surface area contributed by atoms with Gasteiger partial charge in [-0.1, -0.05) is 24.4 Å². The van der Waals surface area contributed by atoms with E-state index in [9.17, 15) is 4.79 Å². The van der Waals surface area contributed by atoms with E-state index in [1.807, 2.05) is 6.07 Å². The minimum absolute atomic E-state index is 0.249. The van der Waals surface area contributed by atoms with Gasteiger partial charge in [-0.15, -0.1) is 0 Å². The second-order valence-corrected chi connectivity index (χ2v) is 3.35. The summed E-state index contributed by atoms with van der Waals surface area (Å²) in [5, 5.41) is 5.95. The van der Waals surface area contributed by atoms with Gasteiger partial charge in [-0.3, -0.25) is 0 Å². The number of hydrogen-bond donors (Lipinski definition) is 2. The zero-order valence-corrected chi connectivity index (χ0v) is 8.49. The first-order chi connectivity index (χ1) is 7.20. The minimum Gasteiger partial charge on any atom is -0.389 e. The first kappa shape index (κ1) is 9.60. The monoisotopic (exact) mass is 220 g/mol. The van der Waals surface area contributed by atoms with E-state index >= 15 is 0 Å². The molecule has 3 N–H and O–H groups in total. The van der Waals surface area contributed by atoms with Gasteiger partial charge >= 0.3 is 5.69 Å². The number of thiocarbonyl (C=S) groups is 1. The fourth-order valence-electron chi connectivity index (χ4n) is 1.31. The summed E-state index contributed by atoms with van der Waals surface area (Å²) in [4.78, 5) is 11.6. The van der Waals surface area contributed by atoms with Gasteiger partial charge in [0, 0.05) is 5.56 Å².